The monoisotopic (exact) mass is 875 g/mol. The second-order valence-corrected chi connectivity index (χ2v) is 17.6. The summed E-state index contributed by atoms with van der Waals surface area (Å²) < 4.78 is 0. The van der Waals surface area contributed by atoms with E-state index in [0.717, 1.165) is 74.2 Å². The Morgan fingerprint density at radius 2 is 0.754 bits per heavy atom. The van der Waals surface area contributed by atoms with E-state index < -0.39 is 0 Å². The van der Waals surface area contributed by atoms with Crippen molar-refractivity contribution in [3.8, 4) is 11.8 Å². The molecule has 0 fully saturated rings. The normalized spacial score (nSPS) is 12.0. The number of nitrogens with zero attached hydrogens (tertiary/aromatic N) is 2. The number of hydrogen-bond acceptors (Lipinski definition) is 2. The van der Waals surface area contributed by atoms with Gasteiger partial charge in [-0.3, -0.25) is 4.99 Å². The Morgan fingerprint density at radius 3 is 1.13 bits per heavy atom. The Hall–Kier alpha value is -2.69. The van der Waals surface area contributed by atoms with Crippen molar-refractivity contribution in [1.82, 2.24) is 0 Å². The summed E-state index contributed by atoms with van der Waals surface area (Å²) in [6.45, 7) is 9.06. The average Bonchev–Trinajstić information content (AvgIpc) is 3.27. The van der Waals surface area contributed by atoms with Crippen LogP contribution in [0.2, 0.25) is 0 Å². The summed E-state index contributed by atoms with van der Waals surface area (Å²) in [6.07, 6.45) is 54.2. The molecule has 0 heterocycles. The molecule has 0 aromatic heterocycles. The first-order valence-corrected chi connectivity index (χ1v) is 25.9. The molecule has 0 unspecified atom stereocenters. The average molecular weight is 876 g/mol. The fraction of sp³-hybridized carbons (Fsp3) is 0.655. The number of rotatable bonds is 38. The molecular weight excluding hydrogens is 783 g/mol. The van der Waals surface area contributed by atoms with Crippen LogP contribution in [0.3, 0.4) is 0 Å². The molecule has 2 aromatic rings. The maximum atomic E-state index is 5.18. The molecule has 2 rings (SSSR count). The predicted octanol–water partition coefficient (Wildman–Crippen LogP) is 19.9. The van der Waals surface area contributed by atoms with Crippen molar-refractivity contribution in [2.45, 2.75) is 246 Å². The van der Waals surface area contributed by atoms with E-state index in [1.165, 1.54) is 178 Å². The van der Waals surface area contributed by atoms with Crippen molar-refractivity contribution in [2.75, 3.05) is 0 Å². The van der Waals surface area contributed by atoms with Crippen molar-refractivity contribution in [3.63, 3.8) is 0 Å². The topological polar surface area (TPSA) is 24.7 Å². The molecule has 0 aliphatic carbocycles. The molecule has 0 saturated carbocycles. The van der Waals surface area contributed by atoms with E-state index in [2.05, 4.69) is 112 Å². The van der Waals surface area contributed by atoms with Gasteiger partial charge in [0.1, 0.15) is 5.71 Å². The molecule has 0 amide bonds. The third-order valence-corrected chi connectivity index (χ3v) is 11.8. The summed E-state index contributed by atoms with van der Waals surface area (Å²) in [4.78, 5) is 10.3. The molecule has 0 saturated heterocycles. The van der Waals surface area contributed by atoms with Crippen LogP contribution in [0, 0.1) is 11.8 Å². The van der Waals surface area contributed by atoms with Crippen LogP contribution in [0.25, 0.3) is 12.2 Å². The van der Waals surface area contributed by atoms with Crippen molar-refractivity contribution in [2.24, 2.45) is 9.98 Å². The minimum atomic E-state index is 0. The van der Waals surface area contributed by atoms with Gasteiger partial charge in [0.2, 0.25) is 0 Å². The number of unbranched alkanes of at least 4 members (excludes halogenated alkanes) is 29. The largest absolute Gasteiger partial charge is 0.251 e. The van der Waals surface area contributed by atoms with Gasteiger partial charge < -0.3 is 0 Å². The number of benzene rings is 2. The molecule has 0 radical (unpaired) electrons. The molecule has 61 heavy (non-hydrogen) atoms. The molecule has 0 bridgehead atoms. The minimum Gasteiger partial charge on any atom is -0.251 e. The van der Waals surface area contributed by atoms with E-state index in [9.17, 15) is 0 Å². The van der Waals surface area contributed by atoms with Crippen LogP contribution in [-0.4, -0.2) is 11.4 Å². The van der Waals surface area contributed by atoms with Crippen molar-refractivity contribution in [3.05, 3.63) is 71.8 Å². The van der Waals surface area contributed by atoms with Crippen LogP contribution in [0.4, 0.5) is 11.4 Å². The first kappa shape index (κ1) is 56.3. The quantitative estimate of drug-likeness (QED) is 0.0278. The van der Waals surface area contributed by atoms with Crippen LogP contribution in [0.1, 0.15) is 257 Å². The molecule has 0 atom stereocenters. The van der Waals surface area contributed by atoms with E-state index in [1.54, 1.807) is 0 Å². The summed E-state index contributed by atoms with van der Waals surface area (Å²) in [5, 5.41) is 0. The molecule has 3 heteroatoms. The maximum Gasteiger partial charge on any atom is 0.135 e. The van der Waals surface area contributed by atoms with Crippen LogP contribution < -0.4 is 0 Å². The summed E-state index contributed by atoms with van der Waals surface area (Å²) in [5.74, 6) is 6.88. The van der Waals surface area contributed by atoms with Crippen LogP contribution >= 0.6 is 0 Å². The smallest absolute Gasteiger partial charge is 0.135 e. The Labute approximate surface area is 389 Å². The third kappa shape index (κ3) is 32.6. The third-order valence-electron chi connectivity index (χ3n) is 11.8. The molecule has 2 aromatic carbocycles. The van der Waals surface area contributed by atoms with Gasteiger partial charge in [-0.2, -0.15) is 0 Å². The second kappa shape index (κ2) is 42.6. The Bertz CT molecular complexity index is 1450. The minimum absolute atomic E-state index is 0. The fourth-order valence-electron chi connectivity index (χ4n) is 7.75. The Balaban J connectivity index is 0.0000186. The summed E-state index contributed by atoms with van der Waals surface area (Å²) in [6, 6.07) is 17.3. The van der Waals surface area contributed by atoms with Crippen LogP contribution in [0.15, 0.2) is 70.7 Å². The Kier molecular flexibility index (Phi) is 39.3. The Morgan fingerprint density at radius 1 is 0.410 bits per heavy atom. The first-order valence-electron chi connectivity index (χ1n) is 25.9. The molecule has 344 valence electrons. The zero-order valence-electron chi connectivity index (χ0n) is 40.2. The van der Waals surface area contributed by atoms with Gasteiger partial charge in [-0.05, 0) is 86.3 Å². The van der Waals surface area contributed by atoms with Gasteiger partial charge in [0.05, 0.1) is 17.1 Å². The summed E-state index contributed by atoms with van der Waals surface area (Å²) in [7, 11) is 0. The summed E-state index contributed by atoms with van der Waals surface area (Å²) >= 11 is 0. The van der Waals surface area contributed by atoms with Crippen molar-refractivity contribution >= 4 is 35.0 Å². The van der Waals surface area contributed by atoms with Gasteiger partial charge in [0, 0.05) is 22.9 Å². The van der Waals surface area contributed by atoms with Crippen LogP contribution in [0.5, 0.6) is 0 Å². The van der Waals surface area contributed by atoms with Gasteiger partial charge in [-0.1, -0.05) is 249 Å². The fourth-order valence-corrected chi connectivity index (χ4v) is 7.75. The van der Waals surface area contributed by atoms with Crippen molar-refractivity contribution < 1.29 is 16.5 Å². The number of aliphatic imine (C=N–C) groups is 2. The predicted molar refractivity (Wildman–Crippen MR) is 273 cm³/mol. The molecular formula is C58H92N2Ni. The van der Waals surface area contributed by atoms with E-state index in [-0.39, 0.29) is 16.5 Å². The van der Waals surface area contributed by atoms with E-state index in [4.69, 9.17) is 9.98 Å². The molecule has 2 nitrogen and oxygen atoms in total. The van der Waals surface area contributed by atoms with Gasteiger partial charge >= 0.3 is 0 Å². The van der Waals surface area contributed by atoms with Crippen molar-refractivity contribution in [1.29, 1.82) is 0 Å². The zero-order chi connectivity index (χ0) is 42.8. The van der Waals surface area contributed by atoms with E-state index >= 15 is 0 Å². The SMILES string of the molecule is CCCCC#CC(=Nc1ccc(C=CCCCCCCCCCCCCCCC)cc1)C(CCCC)=Nc1ccc(C=CCCCCCCCCCCCCCCC)cc1.[Ni]. The van der Waals surface area contributed by atoms with Gasteiger partial charge in [-0.25, -0.2) is 4.99 Å². The number of hydrogen-bond donors (Lipinski definition) is 0. The van der Waals surface area contributed by atoms with Gasteiger partial charge in [0.15, 0.2) is 0 Å². The van der Waals surface area contributed by atoms with Gasteiger partial charge in [-0.15, -0.1) is 0 Å². The maximum absolute atomic E-state index is 5.18. The molecule has 0 N–H and O–H groups in total. The molecule has 0 aliphatic rings. The first-order chi connectivity index (χ1) is 29.7. The van der Waals surface area contributed by atoms with Gasteiger partial charge in [0.25, 0.3) is 0 Å². The van der Waals surface area contributed by atoms with E-state index in [0.29, 0.717) is 0 Å². The van der Waals surface area contributed by atoms with Crippen LogP contribution in [-0.2, 0) is 16.5 Å². The summed E-state index contributed by atoms with van der Waals surface area (Å²) in [5.41, 5.74) is 6.20. The molecule has 0 aliphatic heterocycles. The number of allylic oxidation sites excluding steroid dienone is 2. The molecule has 0 spiro atoms. The second-order valence-electron chi connectivity index (χ2n) is 17.6. The zero-order valence-corrected chi connectivity index (χ0v) is 41.2. The standard InChI is InChI=1S/C58H92N2.Ni/c1-5-9-13-16-18-20-22-24-26-28-30-32-34-36-38-41-53-45-49-55(50-46-53)59-57(43-12-8-4)58(44-40-15-11-7-3)60-56-51-47-54(48-52-56)42-39-37-35-33-31-29-27-25-23-21-19-17-14-10-6-2;/h38-39,41-42,45-52H,5-37,43H2,1-4H3;. The van der Waals surface area contributed by atoms with E-state index in [1.807, 2.05) is 0 Å².